The highest BCUT2D eigenvalue weighted by molar-refractivity contribution is 5.99. The van der Waals surface area contributed by atoms with E-state index in [-0.39, 0.29) is 17.9 Å². The van der Waals surface area contributed by atoms with Gasteiger partial charge < -0.3 is 39.2 Å². The molecule has 1 fully saturated rings. The van der Waals surface area contributed by atoms with E-state index in [1.165, 1.54) is 18.2 Å². The van der Waals surface area contributed by atoms with E-state index >= 15 is 0 Å². The number of rotatable bonds is 16. The Morgan fingerprint density at radius 2 is 1.71 bits per heavy atom. The van der Waals surface area contributed by atoms with Crippen molar-refractivity contribution < 1.29 is 38.2 Å². The van der Waals surface area contributed by atoms with Crippen LogP contribution >= 0.6 is 0 Å². The van der Waals surface area contributed by atoms with Gasteiger partial charge in [-0.2, -0.15) is 0 Å². The van der Waals surface area contributed by atoms with Crippen LogP contribution in [0.2, 0.25) is 0 Å². The Bertz CT molecular complexity index is 1580. The third kappa shape index (κ3) is 10.1. The van der Waals surface area contributed by atoms with Crippen molar-refractivity contribution >= 4 is 29.2 Å². The zero-order valence-corrected chi connectivity index (χ0v) is 27.3. The van der Waals surface area contributed by atoms with Crippen molar-refractivity contribution in [1.29, 1.82) is 0 Å². The lowest BCUT2D eigenvalue weighted by molar-refractivity contribution is -0.384. The van der Waals surface area contributed by atoms with Crippen molar-refractivity contribution in [3.8, 4) is 5.75 Å². The second kappa shape index (κ2) is 16.4. The van der Waals surface area contributed by atoms with E-state index in [1.54, 1.807) is 23.1 Å². The SMILES string of the molecule is CC1(C)OCc2cc(C3CN(CCCCCCOCCOCc4cccc(NC(=O)Nc5cccc([N+](=O)[O-])c5)c4)C(=O)O3)ccc2O1. The number of non-ortho nitro benzene ring substituents is 1. The highest BCUT2D eigenvalue weighted by Gasteiger charge is 2.33. The normalized spacial score (nSPS) is 16.5. The predicted octanol–water partition coefficient (Wildman–Crippen LogP) is 7.17. The minimum Gasteiger partial charge on any atom is -0.463 e. The molecule has 0 aromatic heterocycles. The van der Waals surface area contributed by atoms with Gasteiger partial charge in [-0.25, -0.2) is 9.59 Å². The lowest BCUT2D eigenvalue weighted by Gasteiger charge is -2.32. The maximum atomic E-state index is 12.4. The number of urea groups is 1. The Balaban J connectivity index is 0.894. The van der Waals surface area contributed by atoms with Gasteiger partial charge in [-0.3, -0.25) is 10.1 Å². The van der Waals surface area contributed by atoms with E-state index < -0.39 is 16.7 Å². The molecule has 2 N–H and O–H groups in total. The number of amides is 3. The molecule has 3 aromatic rings. The number of nitro groups is 1. The van der Waals surface area contributed by atoms with Gasteiger partial charge in [0, 0.05) is 56.1 Å². The first-order chi connectivity index (χ1) is 23.1. The first-order valence-electron chi connectivity index (χ1n) is 16.1. The number of carbonyl (C=O) groups is 2. The van der Waals surface area contributed by atoms with Gasteiger partial charge in [-0.05, 0) is 54.3 Å². The maximum Gasteiger partial charge on any atom is 0.410 e. The van der Waals surface area contributed by atoms with Crippen LogP contribution in [-0.4, -0.2) is 60.6 Å². The number of nitrogens with one attached hydrogen (secondary N) is 2. The van der Waals surface area contributed by atoms with Gasteiger partial charge in [0.25, 0.3) is 5.69 Å². The third-order valence-electron chi connectivity index (χ3n) is 7.88. The summed E-state index contributed by atoms with van der Waals surface area (Å²) in [4.78, 5) is 37.0. The monoisotopic (exact) mass is 662 g/mol. The van der Waals surface area contributed by atoms with E-state index in [9.17, 15) is 19.7 Å². The molecule has 0 aliphatic carbocycles. The molecule has 13 heteroatoms. The molecule has 0 spiro atoms. The van der Waals surface area contributed by atoms with Crippen LogP contribution in [0.15, 0.2) is 66.7 Å². The summed E-state index contributed by atoms with van der Waals surface area (Å²) in [6.07, 6.45) is 3.25. The molecule has 2 heterocycles. The number of hydrogen-bond donors (Lipinski definition) is 2. The molecule has 1 atom stereocenters. The summed E-state index contributed by atoms with van der Waals surface area (Å²) in [5.74, 6) is 0.155. The summed E-state index contributed by atoms with van der Waals surface area (Å²) in [5, 5.41) is 16.3. The number of fused-ring (bicyclic) bond motifs is 1. The van der Waals surface area contributed by atoms with Crippen molar-refractivity contribution in [1.82, 2.24) is 4.90 Å². The lowest BCUT2D eigenvalue weighted by Crippen LogP contribution is -2.35. The highest BCUT2D eigenvalue weighted by atomic mass is 16.7. The zero-order valence-electron chi connectivity index (χ0n) is 27.3. The molecule has 48 heavy (non-hydrogen) atoms. The van der Waals surface area contributed by atoms with Crippen LogP contribution < -0.4 is 15.4 Å². The van der Waals surface area contributed by atoms with Crippen LogP contribution in [0.4, 0.5) is 26.7 Å². The minimum absolute atomic E-state index is 0.105. The minimum atomic E-state index is -0.647. The van der Waals surface area contributed by atoms with E-state index in [2.05, 4.69) is 10.6 Å². The topological polar surface area (TPSA) is 151 Å². The molecule has 13 nitrogen and oxygen atoms in total. The predicted molar refractivity (Wildman–Crippen MR) is 178 cm³/mol. The fourth-order valence-electron chi connectivity index (χ4n) is 5.42. The van der Waals surface area contributed by atoms with Crippen molar-refractivity contribution in [3.63, 3.8) is 0 Å². The summed E-state index contributed by atoms with van der Waals surface area (Å²) >= 11 is 0. The molecule has 3 aromatic carbocycles. The molecule has 2 aliphatic heterocycles. The number of benzene rings is 3. The molecule has 0 bridgehead atoms. The molecule has 0 saturated carbocycles. The number of carbonyl (C=O) groups excluding carboxylic acids is 2. The lowest BCUT2D eigenvalue weighted by atomic mass is 10.0. The molecule has 0 radical (unpaired) electrons. The van der Waals surface area contributed by atoms with Gasteiger partial charge in [-0.1, -0.05) is 37.1 Å². The molecule has 3 amide bonds. The third-order valence-corrected chi connectivity index (χ3v) is 7.88. The second-order valence-corrected chi connectivity index (χ2v) is 12.1. The Morgan fingerprint density at radius 3 is 2.52 bits per heavy atom. The Kier molecular flexibility index (Phi) is 11.8. The van der Waals surface area contributed by atoms with Crippen LogP contribution in [0, 0.1) is 10.1 Å². The van der Waals surface area contributed by atoms with Crippen LogP contribution in [0.3, 0.4) is 0 Å². The molecule has 5 rings (SSSR count). The number of nitro benzene ring substituents is 1. The van der Waals surface area contributed by atoms with E-state index in [4.69, 9.17) is 23.7 Å². The Hall–Kier alpha value is -4.72. The van der Waals surface area contributed by atoms with E-state index in [0.29, 0.717) is 57.5 Å². The Morgan fingerprint density at radius 1 is 0.958 bits per heavy atom. The fourth-order valence-corrected chi connectivity index (χ4v) is 5.42. The van der Waals surface area contributed by atoms with Gasteiger partial charge in [0.05, 0.1) is 37.9 Å². The van der Waals surface area contributed by atoms with E-state index in [1.807, 2.05) is 44.2 Å². The van der Waals surface area contributed by atoms with Gasteiger partial charge in [0.2, 0.25) is 5.79 Å². The smallest absolute Gasteiger partial charge is 0.410 e. The van der Waals surface area contributed by atoms with Gasteiger partial charge in [-0.15, -0.1) is 0 Å². The quantitative estimate of drug-likeness (QED) is 0.0924. The first kappa shape index (κ1) is 34.6. The summed E-state index contributed by atoms with van der Waals surface area (Å²) in [7, 11) is 0. The van der Waals surface area contributed by atoms with Crippen molar-refractivity contribution in [2.75, 3.05) is 43.5 Å². The van der Waals surface area contributed by atoms with Crippen LogP contribution in [0.5, 0.6) is 5.75 Å². The van der Waals surface area contributed by atoms with Crippen molar-refractivity contribution in [2.45, 2.75) is 64.6 Å². The standard InChI is InChI=1S/C35H42N4O9/c1-35(2)46-24-27-20-26(13-14-31(27)48-35)32-22-38(34(41)47-32)15-5-3-4-6-16-44-17-18-45-23-25-9-7-10-28(19-25)36-33(40)37-29-11-8-12-30(21-29)39(42)43/h7-14,19-21,32H,3-6,15-18,22-24H2,1-2H3,(H2,36,37,40). The van der Waals surface area contributed by atoms with Gasteiger partial charge in [0.15, 0.2) is 0 Å². The van der Waals surface area contributed by atoms with Gasteiger partial charge >= 0.3 is 12.1 Å². The van der Waals surface area contributed by atoms with Crippen molar-refractivity contribution in [3.05, 3.63) is 93.5 Å². The highest BCUT2D eigenvalue weighted by Crippen LogP contribution is 2.35. The molecule has 1 saturated heterocycles. The van der Waals surface area contributed by atoms with Crippen LogP contribution in [0.25, 0.3) is 0 Å². The van der Waals surface area contributed by atoms with Crippen LogP contribution in [0.1, 0.15) is 62.3 Å². The number of unbranched alkanes of at least 4 members (excludes halogenated alkanes) is 3. The summed E-state index contributed by atoms with van der Waals surface area (Å²) in [6.45, 7) is 7.33. The molecule has 2 aliphatic rings. The van der Waals surface area contributed by atoms with E-state index in [0.717, 1.165) is 48.1 Å². The first-order valence-corrected chi connectivity index (χ1v) is 16.1. The number of anilines is 2. The number of ether oxygens (including phenoxy) is 5. The number of hydrogen-bond acceptors (Lipinski definition) is 9. The average molecular weight is 663 g/mol. The number of nitrogens with zero attached hydrogens (tertiary/aromatic N) is 2. The molecule has 1 unspecified atom stereocenters. The summed E-state index contributed by atoms with van der Waals surface area (Å²) in [5.41, 5.74) is 3.58. The molecular weight excluding hydrogens is 620 g/mol. The summed E-state index contributed by atoms with van der Waals surface area (Å²) < 4.78 is 28.7. The van der Waals surface area contributed by atoms with Gasteiger partial charge in [0.1, 0.15) is 11.9 Å². The zero-order chi connectivity index (χ0) is 33.9. The largest absolute Gasteiger partial charge is 0.463 e. The second-order valence-electron chi connectivity index (χ2n) is 12.1. The number of cyclic esters (lactones) is 1. The molecular formula is C35H42N4O9. The van der Waals surface area contributed by atoms with Crippen LogP contribution in [-0.2, 0) is 32.2 Å². The maximum absolute atomic E-state index is 12.4. The fraction of sp³-hybridized carbons (Fsp3) is 0.429. The molecule has 256 valence electrons. The van der Waals surface area contributed by atoms with Crippen molar-refractivity contribution in [2.24, 2.45) is 0 Å². The Labute approximate surface area is 279 Å². The summed E-state index contributed by atoms with van der Waals surface area (Å²) in [6, 6.07) is 18.4. The average Bonchev–Trinajstić information content (AvgIpc) is 3.43.